The summed E-state index contributed by atoms with van der Waals surface area (Å²) in [4.78, 5) is 13.3. The molecule has 0 atom stereocenters. The summed E-state index contributed by atoms with van der Waals surface area (Å²) in [5.41, 5.74) is 0.796. The molecule has 9 heteroatoms. The maximum Gasteiger partial charge on any atom is 0.265 e. The summed E-state index contributed by atoms with van der Waals surface area (Å²) in [7, 11) is -3.87. The van der Waals surface area contributed by atoms with Crippen molar-refractivity contribution in [3.63, 3.8) is 0 Å². The molecule has 6 nitrogen and oxygen atoms in total. The summed E-state index contributed by atoms with van der Waals surface area (Å²) < 4.78 is 34.2. The van der Waals surface area contributed by atoms with Gasteiger partial charge in [0.15, 0.2) is 0 Å². The fourth-order valence-electron chi connectivity index (χ4n) is 2.55. The highest BCUT2D eigenvalue weighted by atomic mass is 79.9. The monoisotopic (exact) mass is 494 g/mol. The highest BCUT2D eigenvalue weighted by molar-refractivity contribution is 9.10. The molecule has 0 fully saturated rings. The summed E-state index contributed by atoms with van der Waals surface area (Å²) in [6.07, 6.45) is 0. The second-order valence-electron chi connectivity index (χ2n) is 5.97. The molecule has 1 amide bonds. The Bertz CT molecular complexity index is 1080. The molecule has 0 saturated heterocycles. The number of rotatable bonds is 8. The Morgan fingerprint density at radius 2 is 1.90 bits per heavy atom. The maximum absolute atomic E-state index is 12.8. The first-order valence-electron chi connectivity index (χ1n) is 8.75. The molecule has 0 bridgehead atoms. The zero-order chi connectivity index (χ0) is 20.9. The number of thiophene rings is 1. The number of benzene rings is 2. The van der Waals surface area contributed by atoms with Gasteiger partial charge in [-0.05, 0) is 60.8 Å². The van der Waals surface area contributed by atoms with Gasteiger partial charge in [-0.1, -0.05) is 22.0 Å². The lowest BCUT2D eigenvalue weighted by atomic mass is 10.2. The van der Waals surface area contributed by atoms with Crippen LogP contribution in [0.5, 0.6) is 5.75 Å². The van der Waals surface area contributed by atoms with E-state index in [0.717, 1.165) is 4.88 Å². The maximum atomic E-state index is 12.8. The van der Waals surface area contributed by atoms with E-state index >= 15 is 0 Å². The Labute approximate surface area is 182 Å². The van der Waals surface area contributed by atoms with Crippen LogP contribution in [0.25, 0.3) is 0 Å². The van der Waals surface area contributed by atoms with Crippen molar-refractivity contribution in [2.45, 2.75) is 18.4 Å². The Morgan fingerprint density at radius 1 is 1.14 bits per heavy atom. The van der Waals surface area contributed by atoms with E-state index < -0.39 is 10.0 Å². The lowest BCUT2D eigenvalue weighted by Gasteiger charge is -2.13. The molecular formula is C20H19BrN2O4S2. The zero-order valence-corrected chi connectivity index (χ0v) is 18.7. The topological polar surface area (TPSA) is 84.5 Å². The Balaban J connectivity index is 1.72. The van der Waals surface area contributed by atoms with Gasteiger partial charge in [0.25, 0.3) is 15.9 Å². The average Bonchev–Trinajstić information content (AvgIpc) is 3.21. The van der Waals surface area contributed by atoms with Gasteiger partial charge >= 0.3 is 0 Å². The van der Waals surface area contributed by atoms with Crippen molar-refractivity contribution < 1.29 is 17.9 Å². The van der Waals surface area contributed by atoms with Crippen LogP contribution < -0.4 is 14.8 Å². The number of amides is 1. The van der Waals surface area contributed by atoms with Crippen LogP contribution >= 0.6 is 27.3 Å². The van der Waals surface area contributed by atoms with Gasteiger partial charge < -0.3 is 10.1 Å². The van der Waals surface area contributed by atoms with Crippen LogP contribution in [0.15, 0.2) is 69.3 Å². The van der Waals surface area contributed by atoms with E-state index in [1.807, 2.05) is 17.5 Å². The molecule has 0 radical (unpaired) electrons. The molecule has 2 N–H and O–H groups in total. The molecule has 0 aliphatic carbocycles. The third kappa shape index (κ3) is 5.59. The summed E-state index contributed by atoms with van der Waals surface area (Å²) in [5.74, 6) is 0.0474. The van der Waals surface area contributed by atoms with Gasteiger partial charge in [0.05, 0.1) is 13.2 Å². The molecule has 0 aliphatic heterocycles. The van der Waals surface area contributed by atoms with E-state index in [1.54, 1.807) is 54.7 Å². The molecule has 1 heterocycles. The minimum absolute atomic E-state index is 0.0338. The van der Waals surface area contributed by atoms with Gasteiger partial charge in [-0.2, -0.15) is 0 Å². The number of nitrogens with one attached hydrogen (secondary N) is 2. The predicted molar refractivity (Wildman–Crippen MR) is 118 cm³/mol. The van der Waals surface area contributed by atoms with Gasteiger partial charge in [-0.15, -0.1) is 11.3 Å². The number of hydrogen-bond donors (Lipinski definition) is 2. The third-order valence-corrected chi connectivity index (χ3v) is 6.67. The molecular weight excluding hydrogens is 476 g/mol. The molecule has 0 aliphatic rings. The molecule has 0 unspecified atom stereocenters. The van der Waals surface area contributed by atoms with E-state index in [4.69, 9.17) is 4.74 Å². The minimum atomic E-state index is -3.87. The van der Waals surface area contributed by atoms with E-state index in [9.17, 15) is 13.2 Å². The normalized spacial score (nSPS) is 11.1. The smallest absolute Gasteiger partial charge is 0.265 e. The molecule has 3 aromatic rings. The Kier molecular flexibility index (Phi) is 6.94. The van der Waals surface area contributed by atoms with Crippen LogP contribution in [0.1, 0.15) is 22.2 Å². The van der Waals surface area contributed by atoms with Crippen LogP contribution in [0.4, 0.5) is 5.69 Å². The van der Waals surface area contributed by atoms with Crippen molar-refractivity contribution in [3.05, 3.63) is 74.9 Å². The third-order valence-electron chi connectivity index (χ3n) is 3.90. The van der Waals surface area contributed by atoms with Crippen molar-refractivity contribution in [2.75, 3.05) is 11.3 Å². The fourth-order valence-corrected chi connectivity index (χ4v) is 4.94. The van der Waals surface area contributed by atoms with Crippen LogP contribution in [-0.2, 0) is 16.6 Å². The van der Waals surface area contributed by atoms with Crippen molar-refractivity contribution in [1.82, 2.24) is 5.32 Å². The number of anilines is 1. The van der Waals surface area contributed by atoms with Gasteiger partial charge in [0.2, 0.25) is 0 Å². The highest BCUT2D eigenvalue weighted by Crippen LogP contribution is 2.29. The van der Waals surface area contributed by atoms with Gasteiger partial charge in [0, 0.05) is 20.6 Å². The van der Waals surface area contributed by atoms with E-state index in [2.05, 4.69) is 26.0 Å². The standard InChI is InChI=1S/C20H19BrN2O4S2/c1-2-27-18-10-7-15(21)12-19(18)29(25,26)23-16-8-5-14(6-9-16)20(24)22-13-17-4-3-11-28-17/h3-12,23H,2,13H2,1H3,(H,22,24). The highest BCUT2D eigenvalue weighted by Gasteiger charge is 2.20. The Morgan fingerprint density at radius 3 is 2.55 bits per heavy atom. The molecule has 0 spiro atoms. The van der Waals surface area contributed by atoms with Gasteiger partial charge in [-0.3, -0.25) is 9.52 Å². The number of carbonyl (C=O) groups excluding carboxylic acids is 1. The Hall–Kier alpha value is -2.36. The number of hydrogen-bond acceptors (Lipinski definition) is 5. The average molecular weight is 495 g/mol. The first-order valence-corrected chi connectivity index (χ1v) is 11.9. The molecule has 3 rings (SSSR count). The molecule has 2 aromatic carbocycles. The summed E-state index contributed by atoms with van der Waals surface area (Å²) in [6, 6.07) is 14.9. The van der Waals surface area contributed by atoms with Gasteiger partial charge in [-0.25, -0.2) is 8.42 Å². The minimum Gasteiger partial charge on any atom is -0.492 e. The number of ether oxygens (including phenoxy) is 1. The second-order valence-corrected chi connectivity index (χ2v) is 9.57. The molecule has 1 aromatic heterocycles. The number of halogens is 1. The van der Waals surface area contributed by atoms with E-state index in [1.165, 1.54) is 6.07 Å². The van der Waals surface area contributed by atoms with Gasteiger partial charge in [0.1, 0.15) is 10.6 Å². The van der Waals surface area contributed by atoms with Crippen molar-refractivity contribution in [1.29, 1.82) is 0 Å². The summed E-state index contributed by atoms with van der Waals surface area (Å²) in [5, 5.41) is 4.78. The number of sulfonamides is 1. The van der Waals surface area contributed by atoms with E-state index in [-0.39, 0.29) is 16.6 Å². The molecule has 152 valence electrons. The van der Waals surface area contributed by atoms with Crippen LogP contribution in [0, 0.1) is 0 Å². The lowest BCUT2D eigenvalue weighted by Crippen LogP contribution is -2.22. The lowest BCUT2D eigenvalue weighted by molar-refractivity contribution is 0.0951. The second kappa shape index (κ2) is 9.43. The predicted octanol–water partition coefficient (Wildman–Crippen LogP) is 4.64. The van der Waals surface area contributed by atoms with E-state index in [0.29, 0.717) is 28.9 Å². The molecule has 0 saturated carbocycles. The largest absolute Gasteiger partial charge is 0.492 e. The first kappa shape index (κ1) is 21.4. The SMILES string of the molecule is CCOc1ccc(Br)cc1S(=O)(=O)Nc1ccc(C(=O)NCc2cccs2)cc1. The van der Waals surface area contributed by atoms with Crippen molar-refractivity contribution in [3.8, 4) is 5.75 Å². The zero-order valence-electron chi connectivity index (χ0n) is 15.5. The number of carbonyl (C=O) groups is 1. The fraction of sp³-hybridized carbons (Fsp3) is 0.150. The summed E-state index contributed by atoms with van der Waals surface area (Å²) in [6.45, 7) is 2.58. The van der Waals surface area contributed by atoms with Crippen molar-refractivity contribution in [2.24, 2.45) is 0 Å². The summed E-state index contributed by atoms with van der Waals surface area (Å²) >= 11 is 4.86. The van der Waals surface area contributed by atoms with Crippen LogP contribution in [0.3, 0.4) is 0 Å². The van der Waals surface area contributed by atoms with Crippen LogP contribution in [0.2, 0.25) is 0 Å². The molecule has 29 heavy (non-hydrogen) atoms. The first-order chi connectivity index (χ1) is 13.9. The van der Waals surface area contributed by atoms with Crippen LogP contribution in [-0.4, -0.2) is 20.9 Å². The van der Waals surface area contributed by atoms with Crippen molar-refractivity contribution >= 4 is 48.9 Å². The quantitative estimate of drug-likeness (QED) is 0.477.